The lowest BCUT2D eigenvalue weighted by atomic mass is 10.1. The van der Waals surface area contributed by atoms with Gasteiger partial charge < -0.3 is 19.6 Å². The second-order valence-electron chi connectivity index (χ2n) is 6.49. The zero-order valence-corrected chi connectivity index (χ0v) is 14.5. The first-order chi connectivity index (χ1) is 12.1. The van der Waals surface area contributed by atoms with Gasteiger partial charge in [-0.2, -0.15) is 0 Å². The van der Waals surface area contributed by atoms with Gasteiger partial charge in [0.1, 0.15) is 12.3 Å². The fourth-order valence-electron chi connectivity index (χ4n) is 2.80. The first-order valence-electron chi connectivity index (χ1n) is 8.08. The first kappa shape index (κ1) is 20.0. The van der Waals surface area contributed by atoms with Gasteiger partial charge in [-0.15, -0.1) is 13.2 Å². The zero-order valence-electron chi connectivity index (χ0n) is 14.5. The average Bonchev–Trinajstić information content (AvgIpc) is 3.29. The van der Waals surface area contributed by atoms with Gasteiger partial charge in [-0.3, -0.25) is 9.59 Å². The number of carboxylic acids is 1. The van der Waals surface area contributed by atoms with Crippen LogP contribution in [0.2, 0.25) is 0 Å². The Morgan fingerprint density at radius 2 is 1.88 bits per heavy atom. The molecule has 9 heteroatoms. The van der Waals surface area contributed by atoms with E-state index in [-0.39, 0.29) is 18.2 Å². The number of rotatable bonds is 8. The van der Waals surface area contributed by atoms with Crippen LogP contribution in [0.4, 0.5) is 13.2 Å². The Balaban J connectivity index is 2.10. The summed E-state index contributed by atoms with van der Waals surface area (Å²) in [5, 5.41) is 9.00. The lowest BCUT2D eigenvalue weighted by Crippen LogP contribution is -2.41. The van der Waals surface area contributed by atoms with Crippen molar-refractivity contribution >= 4 is 11.9 Å². The molecule has 26 heavy (non-hydrogen) atoms. The van der Waals surface area contributed by atoms with Crippen LogP contribution in [0, 0.1) is 5.92 Å². The normalized spacial score (nSPS) is 19.3. The molecule has 0 aliphatic heterocycles. The number of amides is 1. The molecule has 1 aliphatic carbocycles. The highest BCUT2D eigenvalue weighted by Gasteiger charge is 2.48. The summed E-state index contributed by atoms with van der Waals surface area (Å²) in [7, 11) is 3.60. The Hall–Kier alpha value is -2.29. The maximum absolute atomic E-state index is 12.6. The quantitative estimate of drug-likeness (QED) is 0.755. The molecule has 1 aliphatic rings. The van der Waals surface area contributed by atoms with Crippen LogP contribution in [0.3, 0.4) is 0 Å². The summed E-state index contributed by atoms with van der Waals surface area (Å²) in [5.74, 6) is -2.75. The molecule has 1 aromatic rings. The number of nitrogens with zero attached hydrogens (tertiary/aromatic N) is 2. The predicted octanol–water partition coefficient (Wildman–Crippen LogP) is 2.16. The minimum atomic E-state index is -4.81. The Morgan fingerprint density at radius 3 is 2.46 bits per heavy atom. The molecular weight excluding hydrogens is 353 g/mol. The van der Waals surface area contributed by atoms with Crippen LogP contribution in [-0.4, -0.2) is 66.9 Å². The number of ether oxygens (including phenoxy) is 1. The van der Waals surface area contributed by atoms with Crippen molar-refractivity contribution in [3.63, 3.8) is 0 Å². The van der Waals surface area contributed by atoms with E-state index in [0.29, 0.717) is 18.5 Å². The lowest BCUT2D eigenvalue weighted by molar-refractivity contribution is -0.274. The summed E-state index contributed by atoms with van der Waals surface area (Å²) in [6.07, 6.45) is -4.44. The van der Waals surface area contributed by atoms with Gasteiger partial charge in [-0.1, -0.05) is 18.2 Å². The maximum Gasteiger partial charge on any atom is 0.573 e. The molecule has 0 bridgehead atoms. The van der Waals surface area contributed by atoms with E-state index in [1.54, 1.807) is 20.2 Å². The van der Waals surface area contributed by atoms with E-state index < -0.39 is 30.7 Å². The van der Waals surface area contributed by atoms with Crippen LogP contribution >= 0.6 is 0 Å². The van der Waals surface area contributed by atoms with Crippen LogP contribution in [0.15, 0.2) is 24.3 Å². The number of hydrogen-bond acceptors (Lipinski definition) is 4. The van der Waals surface area contributed by atoms with Gasteiger partial charge in [-0.05, 0) is 38.1 Å². The smallest absolute Gasteiger partial charge is 0.480 e. The molecule has 0 heterocycles. The molecule has 2 atom stereocenters. The number of halogens is 3. The topological polar surface area (TPSA) is 70.1 Å². The van der Waals surface area contributed by atoms with Crippen LogP contribution in [0.25, 0.3) is 0 Å². The fraction of sp³-hybridized carbons (Fsp3) is 0.529. The van der Waals surface area contributed by atoms with Gasteiger partial charge in [0.25, 0.3) is 0 Å². The number of carbonyl (C=O) groups excluding carboxylic acids is 1. The van der Waals surface area contributed by atoms with E-state index in [4.69, 9.17) is 5.11 Å². The van der Waals surface area contributed by atoms with E-state index in [1.807, 2.05) is 4.90 Å². The number of para-hydroxylation sites is 1. The molecule has 0 spiro atoms. The summed E-state index contributed by atoms with van der Waals surface area (Å²) in [5.41, 5.74) is 0.311. The Kier molecular flexibility index (Phi) is 6.12. The fourth-order valence-corrected chi connectivity index (χ4v) is 2.80. The molecule has 0 unspecified atom stereocenters. The summed E-state index contributed by atoms with van der Waals surface area (Å²) in [6, 6.07) is 5.72. The monoisotopic (exact) mass is 374 g/mol. The molecule has 1 amide bonds. The van der Waals surface area contributed by atoms with Crippen molar-refractivity contribution in [3.8, 4) is 5.75 Å². The third-order valence-corrected chi connectivity index (χ3v) is 4.11. The van der Waals surface area contributed by atoms with Gasteiger partial charge in [-0.25, -0.2) is 0 Å². The zero-order chi connectivity index (χ0) is 19.5. The van der Waals surface area contributed by atoms with Crippen LogP contribution in [0.5, 0.6) is 5.75 Å². The van der Waals surface area contributed by atoms with Crippen molar-refractivity contribution in [2.45, 2.75) is 18.7 Å². The largest absolute Gasteiger partial charge is 0.573 e. The molecule has 1 fully saturated rings. The van der Waals surface area contributed by atoms with E-state index >= 15 is 0 Å². The molecule has 1 saturated carbocycles. The highest BCUT2D eigenvalue weighted by atomic mass is 19.4. The van der Waals surface area contributed by atoms with Crippen molar-refractivity contribution in [2.75, 3.05) is 33.7 Å². The van der Waals surface area contributed by atoms with Gasteiger partial charge >= 0.3 is 12.3 Å². The van der Waals surface area contributed by atoms with Crippen molar-refractivity contribution in [3.05, 3.63) is 29.8 Å². The number of likely N-dealkylation sites (N-methyl/N-ethyl adjacent to an activating group) is 1. The average molecular weight is 374 g/mol. The van der Waals surface area contributed by atoms with Crippen molar-refractivity contribution < 1.29 is 32.6 Å². The van der Waals surface area contributed by atoms with Gasteiger partial charge in [0, 0.05) is 19.0 Å². The third kappa shape index (κ3) is 5.62. The Bertz CT molecular complexity index is 664. The highest BCUT2D eigenvalue weighted by molar-refractivity contribution is 5.86. The molecule has 0 radical (unpaired) electrons. The van der Waals surface area contributed by atoms with Gasteiger partial charge in [0.15, 0.2) is 0 Å². The van der Waals surface area contributed by atoms with Crippen molar-refractivity contribution in [1.29, 1.82) is 0 Å². The number of hydrogen-bond donors (Lipinski definition) is 1. The van der Waals surface area contributed by atoms with E-state index in [1.165, 1.54) is 23.1 Å². The number of benzene rings is 1. The van der Waals surface area contributed by atoms with E-state index in [9.17, 15) is 22.8 Å². The maximum atomic E-state index is 12.6. The molecule has 144 valence electrons. The van der Waals surface area contributed by atoms with Crippen LogP contribution in [0.1, 0.15) is 17.9 Å². The SMILES string of the molecule is CN(C)CCN(CC(=O)O)C(=O)[C@@H]1C[C@@H]1c1ccccc1OC(F)(F)F. The second-order valence-corrected chi connectivity index (χ2v) is 6.49. The van der Waals surface area contributed by atoms with Crippen molar-refractivity contribution in [1.82, 2.24) is 9.80 Å². The molecule has 0 saturated heterocycles. The minimum Gasteiger partial charge on any atom is -0.480 e. The molecule has 6 nitrogen and oxygen atoms in total. The van der Waals surface area contributed by atoms with Crippen LogP contribution in [-0.2, 0) is 9.59 Å². The van der Waals surface area contributed by atoms with Crippen LogP contribution < -0.4 is 4.74 Å². The summed E-state index contributed by atoms with van der Waals surface area (Å²) in [6.45, 7) is 0.294. The van der Waals surface area contributed by atoms with Gasteiger partial charge in [0.2, 0.25) is 5.91 Å². The second kappa shape index (κ2) is 7.94. The Labute approximate surface area is 149 Å². The molecule has 2 rings (SSSR count). The Morgan fingerprint density at radius 1 is 1.23 bits per heavy atom. The van der Waals surface area contributed by atoms with Gasteiger partial charge in [0.05, 0.1) is 0 Å². The summed E-state index contributed by atoms with van der Waals surface area (Å²) in [4.78, 5) is 26.7. The standard InChI is InChI=1S/C17H21F3N2O4/c1-21(2)7-8-22(10-15(23)24)16(25)13-9-12(13)11-5-3-4-6-14(11)26-17(18,19)20/h3-6,12-13H,7-10H2,1-2H3,(H,23,24)/t12-,13-/m1/s1. The molecule has 1 aromatic carbocycles. The van der Waals surface area contributed by atoms with E-state index in [0.717, 1.165) is 0 Å². The number of alkyl halides is 3. The summed E-state index contributed by atoms with van der Waals surface area (Å²) >= 11 is 0. The lowest BCUT2D eigenvalue weighted by Gasteiger charge is -2.23. The molecular formula is C17H21F3N2O4. The molecule has 0 aromatic heterocycles. The molecule has 1 N–H and O–H groups in total. The summed E-state index contributed by atoms with van der Waals surface area (Å²) < 4.78 is 41.7. The van der Waals surface area contributed by atoms with Crippen molar-refractivity contribution in [2.24, 2.45) is 5.92 Å². The highest BCUT2D eigenvalue weighted by Crippen LogP contribution is 2.51. The van der Waals surface area contributed by atoms with E-state index in [2.05, 4.69) is 4.74 Å². The number of aliphatic carboxylic acids is 1. The first-order valence-corrected chi connectivity index (χ1v) is 8.08. The number of carbonyl (C=O) groups is 2. The third-order valence-electron chi connectivity index (χ3n) is 4.11. The predicted molar refractivity (Wildman–Crippen MR) is 86.7 cm³/mol. The number of carboxylic acid groups (broad SMARTS) is 1. The minimum absolute atomic E-state index is 0.238.